The average Bonchev–Trinajstić information content (AvgIpc) is 3.27. The van der Waals surface area contributed by atoms with Gasteiger partial charge in [-0.3, -0.25) is 0 Å². The number of halogens is 1. The van der Waals surface area contributed by atoms with E-state index in [1.807, 2.05) is 25.3 Å². The number of hydrogen-bond donors (Lipinski definition) is 3. The van der Waals surface area contributed by atoms with Crippen LogP contribution in [0.1, 0.15) is 18.5 Å². The summed E-state index contributed by atoms with van der Waals surface area (Å²) in [6.45, 7) is 13.3. The minimum absolute atomic E-state index is 0.108. The monoisotopic (exact) mass is 443 g/mol. The number of H-pyrrole nitrogens is 1. The smallest absolute Gasteiger partial charge is 0.231 e. The molecular formula is C23H22FN9. The number of piperazine rings is 1. The Morgan fingerprint density at radius 3 is 2.76 bits per heavy atom. The molecule has 0 aliphatic carbocycles. The second-order valence-corrected chi connectivity index (χ2v) is 7.84. The first-order chi connectivity index (χ1) is 16.1. The van der Waals surface area contributed by atoms with E-state index in [0.717, 1.165) is 43.8 Å². The molecule has 1 fully saturated rings. The minimum atomic E-state index is -0.453. The summed E-state index contributed by atoms with van der Waals surface area (Å²) in [6, 6.07) is 5.35. The van der Waals surface area contributed by atoms with Gasteiger partial charge in [-0.25, -0.2) is 29.2 Å². The van der Waals surface area contributed by atoms with Crippen molar-refractivity contribution < 1.29 is 4.39 Å². The second-order valence-electron chi connectivity index (χ2n) is 7.84. The van der Waals surface area contributed by atoms with Gasteiger partial charge in [-0.15, -0.1) is 0 Å². The van der Waals surface area contributed by atoms with Crippen LogP contribution in [0.5, 0.6) is 0 Å². The molecule has 1 saturated heterocycles. The number of nitrogens with one attached hydrogen (secondary N) is 3. The van der Waals surface area contributed by atoms with Crippen molar-refractivity contribution >= 4 is 28.5 Å². The largest absolute Gasteiger partial charge is 0.354 e. The third kappa shape index (κ3) is 4.18. The van der Waals surface area contributed by atoms with Crippen LogP contribution >= 0.6 is 0 Å². The molecule has 0 bridgehead atoms. The molecule has 3 N–H and O–H groups in total. The van der Waals surface area contributed by atoms with Gasteiger partial charge in [0.15, 0.2) is 0 Å². The third-order valence-electron chi connectivity index (χ3n) is 5.70. The Morgan fingerprint density at radius 2 is 2.00 bits per heavy atom. The summed E-state index contributed by atoms with van der Waals surface area (Å²) in [7, 11) is 0. The Bertz CT molecular complexity index is 1320. The fourth-order valence-corrected chi connectivity index (χ4v) is 3.91. The Hall–Kier alpha value is -4.10. The molecule has 4 aromatic heterocycles. The van der Waals surface area contributed by atoms with Crippen LogP contribution in [-0.2, 0) is 0 Å². The van der Waals surface area contributed by atoms with E-state index in [2.05, 4.69) is 45.3 Å². The van der Waals surface area contributed by atoms with Crippen molar-refractivity contribution in [3.8, 4) is 11.3 Å². The summed E-state index contributed by atoms with van der Waals surface area (Å²) in [5, 5.41) is 7.18. The van der Waals surface area contributed by atoms with Crippen molar-refractivity contribution in [2.75, 3.05) is 36.4 Å². The van der Waals surface area contributed by atoms with E-state index in [9.17, 15) is 4.39 Å². The van der Waals surface area contributed by atoms with E-state index in [4.69, 9.17) is 6.57 Å². The number of aromatic nitrogens is 5. The first-order valence-electron chi connectivity index (χ1n) is 10.7. The maximum Gasteiger partial charge on any atom is 0.231 e. The molecule has 0 radical (unpaired) electrons. The second kappa shape index (κ2) is 8.80. The average molecular weight is 443 g/mol. The van der Waals surface area contributed by atoms with Crippen LogP contribution in [-0.4, -0.2) is 51.1 Å². The van der Waals surface area contributed by atoms with Crippen molar-refractivity contribution in [1.82, 2.24) is 30.2 Å². The highest BCUT2D eigenvalue weighted by atomic mass is 19.1. The normalized spacial score (nSPS) is 14.8. The van der Waals surface area contributed by atoms with Crippen molar-refractivity contribution in [3.63, 3.8) is 0 Å². The van der Waals surface area contributed by atoms with Gasteiger partial charge in [0.1, 0.15) is 17.3 Å². The van der Waals surface area contributed by atoms with E-state index < -0.39 is 5.82 Å². The van der Waals surface area contributed by atoms with Gasteiger partial charge >= 0.3 is 0 Å². The molecule has 0 aromatic carbocycles. The van der Waals surface area contributed by atoms with Crippen LogP contribution < -0.4 is 15.5 Å². The van der Waals surface area contributed by atoms with Gasteiger partial charge in [0.05, 0.1) is 24.5 Å². The molecule has 1 unspecified atom stereocenters. The van der Waals surface area contributed by atoms with Gasteiger partial charge < -0.3 is 20.5 Å². The van der Waals surface area contributed by atoms with Gasteiger partial charge in [0, 0.05) is 55.7 Å². The molecule has 33 heavy (non-hydrogen) atoms. The number of aromatic amines is 1. The predicted molar refractivity (Wildman–Crippen MR) is 125 cm³/mol. The van der Waals surface area contributed by atoms with E-state index in [0.29, 0.717) is 28.2 Å². The van der Waals surface area contributed by atoms with Crippen LogP contribution in [0.15, 0.2) is 43.0 Å². The van der Waals surface area contributed by atoms with Gasteiger partial charge in [-0.2, -0.15) is 0 Å². The maximum atomic E-state index is 13.8. The Kier molecular flexibility index (Phi) is 5.54. The van der Waals surface area contributed by atoms with Crippen LogP contribution in [0.4, 0.5) is 21.8 Å². The number of fused-ring (bicyclic) bond motifs is 1. The van der Waals surface area contributed by atoms with Crippen molar-refractivity contribution in [2.45, 2.75) is 13.0 Å². The molecule has 166 valence electrons. The molecule has 5 rings (SSSR count). The van der Waals surface area contributed by atoms with Crippen LogP contribution in [0, 0.1) is 12.4 Å². The number of hydrogen-bond acceptors (Lipinski definition) is 7. The zero-order valence-electron chi connectivity index (χ0n) is 18.0. The van der Waals surface area contributed by atoms with Crippen LogP contribution in [0.2, 0.25) is 0 Å². The highest BCUT2D eigenvalue weighted by Gasteiger charge is 2.17. The fraction of sp³-hybridized carbons (Fsp3) is 0.261. The summed E-state index contributed by atoms with van der Waals surface area (Å²) < 4.78 is 13.8. The Labute approximate surface area is 189 Å². The highest BCUT2D eigenvalue weighted by molar-refractivity contribution is 5.96. The summed E-state index contributed by atoms with van der Waals surface area (Å²) in [4.78, 5) is 26.4. The first kappa shape index (κ1) is 20.8. The highest BCUT2D eigenvalue weighted by Crippen LogP contribution is 2.34. The maximum absolute atomic E-state index is 13.8. The summed E-state index contributed by atoms with van der Waals surface area (Å²) in [5.74, 6) is 0.882. The number of anilines is 2. The molecule has 0 saturated carbocycles. The lowest BCUT2D eigenvalue weighted by Gasteiger charge is -2.28. The SMILES string of the molecule is [C-]#[N+]c1cnc(NC(C)c2ccc(N3CCNCC3)nc2)nc1-c1c[nH]c2ncc(F)cc12. The molecule has 1 aliphatic heterocycles. The molecule has 0 amide bonds. The number of pyridine rings is 2. The Balaban J connectivity index is 1.40. The van der Waals surface area contributed by atoms with Crippen molar-refractivity contribution in [1.29, 1.82) is 0 Å². The van der Waals surface area contributed by atoms with Gasteiger partial charge in [0.25, 0.3) is 0 Å². The van der Waals surface area contributed by atoms with Gasteiger partial charge in [0.2, 0.25) is 11.6 Å². The summed E-state index contributed by atoms with van der Waals surface area (Å²) >= 11 is 0. The molecule has 4 aromatic rings. The van der Waals surface area contributed by atoms with E-state index in [-0.39, 0.29) is 11.7 Å². The zero-order chi connectivity index (χ0) is 22.8. The van der Waals surface area contributed by atoms with E-state index in [1.165, 1.54) is 12.3 Å². The molecular weight excluding hydrogens is 421 g/mol. The summed E-state index contributed by atoms with van der Waals surface area (Å²) in [6.07, 6.45) is 6.16. The minimum Gasteiger partial charge on any atom is -0.354 e. The fourth-order valence-electron chi connectivity index (χ4n) is 3.91. The zero-order valence-corrected chi connectivity index (χ0v) is 18.0. The quantitative estimate of drug-likeness (QED) is 0.405. The predicted octanol–water partition coefficient (Wildman–Crippen LogP) is 3.69. The van der Waals surface area contributed by atoms with Crippen LogP contribution in [0.25, 0.3) is 27.1 Å². The van der Waals surface area contributed by atoms with Gasteiger partial charge in [-0.1, -0.05) is 6.07 Å². The topological polar surface area (TPSA) is 99.0 Å². The molecule has 0 spiro atoms. The van der Waals surface area contributed by atoms with Gasteiger partial charge in [-0.05, 0) is 24.6 Å². The Morgan fingerprint density at radius 1 is 1.15 bits per heavy atom. The lowest BCUT2D eigenvalue weighted by atomic mass is 10.1. The van der Waals surface area contributed by atoms with E-state index >= 15 is 0 Å². The first-order valence-corrected chi connectivity index (χ1v) is 10.7. The summed E-state index contributed by atoms with van der Waals surface area (Å²) in [5.41, 5.74) is 2.82. The van der Waals surface area contributed by atoms with Crippen molar-refractivity contribution in [3.05, 3.63) is 65.8 Å². The number of nitrogens with zero attached hydrogens (tertiary/aromatic N) is 6. The molecule has 9 nitrogen and oxygen atoms in total. The van der Waals surface area contributed by atoms with Crippen LogP contribution in [0.3, 0.4) is 0 Å². The molecule has 1 atom stereocenters. The lowest BCUT2D eigenvalue weighted by molar-refractivity contribution is 0.585. The standard InChI is InChI=1S/C23H22FN9/c1-14(15-3-4-20(27-10-15)33-7-5-26-6-8-33)31-23-30-13-19(25-2)21(32-23)18-12-29-22-17(18)9-16(24)11-28-22/h3-4,9-14,26H,5-8H2,1H3,(H,28,29)(H,30,31,32). The molecule has 5 heterocycles. The lowest BCUT2D eigenvalue weighted by Crippen LogP contribution is -2.43. The third-order valence-corrected chi connectivity index (χ3v) is 5.70. The van der Waals surface area contributed by atoms with E-state index in [1.54, 1.807) is 6.20 Å². The van der Waals surface area contributed by atoms with Crippen molar-refractivity contribution in [2.24, 2.45) is 0 Å². The molecule has 10 heteroatoms. The number of rotatable bonds is 5. The molecule has 1 aliphatic rings.